The van der Waals surface area contributed by atoms with E-state index >= 15 is 0 Å². The molecule has 2 heterocycles. The largest absolute Gasteiger partial charge is 0.493 e. The number of hydrogen-bond acceptors (Lipinski definition) is 5. The van der Waals surface area contributed by atoms with Gasteiger partial charge in [0.2, 0.25) is 5.88 Å². The van der Waals surface area contributed by atoms with Gasteiger partial charge in [-0.3, -0.25) is 0 Å². The van der Waals surface area contributed by atoms with Crippen LogP contribution in [0.15, 0.2) is 30.3 Å². The fourth-order valence-electron chi connectivity index (χ4n) is 2.40. The molecular formula is C16H14F3N3O3. The highest BCUT2D eigenvalue weighted by molar-refractivity contribution is 5.66. The molecule has 1 aromatic carbocycles. The van der Waals surface area contributed by atoms with Gasteiger partial charge in [-0.2, -0.15) is 13.2 Å². The molecule has 0 aliphatic carbocycles. The SMILES string of the molecule is COc1cc2nc(-c3ccc(OC)c(OC)c3)cc(C(F)(F)F)n2n1. The van der Waals surface area contributed by atoms with Crippen molar-refractivity contribution in [2.75, 3.05) is 21.3 Å². The van der Waals surface area contributed by atoms with Gasteiger partial charge in [-0.1, -0.05) is 0 Å². The molecule has 0 amide bonds. The average Bonchev–Trinajstić information content (AvgIpc) is 3.02. The summed E-state index contributed by atoms with van der Waals surface area (Å²) in [7, 11) is 4.24. The van der Waals surface area contributed by atoms with Crippen LogP contribution in [0.25, 0.3) is 16.9 Å². The molecule has 0 atom stereocenters. The fraction of sp³-hybridized carbons (Fsp3) is 0.250. The summed E-state index contributed by atoms with van der Waals surface area (Å²) < 4.78 is 56.2. The minimum absolute atomic E-state index is 0.0245. The van der Waals surface area contributed by atoms with Crippen LogP contribution in [0.1, 0.15) is 5.69 Å². The highest BCUT2D eigenvalue weighted by Crippen LogP contribution is 2.35. The van der Waals surface area contributed by atoms with Crippen molar-refractivity contribution >= 4 is 5.65 Å². The molecule has 0 saturated carbocycles. The van der Waals surface area contributed by atoms with Crippen LogP contribution in [-0.4, -0.2) is 35.9 Å². The normalized spacial score (nSPS) is 11.6. The van der Waals surface area contributed by atoms with Crippen LogP contribution < -0.4 is 14.2 Å². The molecule has 0 unspecified atom stereocenters. The summed E-state index contributed by atoms with van der Waals surface area (Å²) in [5, 5.41) is 3.76. The average molecular weight is 353 g/mol. The van der Waals surface area contributed by atoms with Crippen molar-refractivity contribution in [1.29, 1.82) is 0 Å². The van der Waals surface area contributed by atoms with Crippen LogP contribution in [0.4, 0.5) is 13.2 Å². The van der Waals surface area contributed by atoms with E-state index in [0.717, 1.165) is 6.07 Å². The molecule has 2 aromatic heterocycles. The van der Waals surface area contributed by atoms with Crippen molar-refractivity contribution in [3.63, 3.8) is 0 Å². The number of methoxy groups -OCH3 is 3. The van der Waals surface area contributed by atoms with Gasteiger partial charge < -0.3 is 14.2 Å². The summed E-state index contributed by atoms with van der Waals surface area (Å²) in [4.78, 5) is 4.24. The van der Waals surface area contributed by atoms with Crippen LogP contribution in [-0.2, 0) is 6.18 Å². The van der Waals surface area contributed by atoms with Gasteiger partial charge in [-0.25, -0.2) is 9.50 Å². The fourth-order valence-corrected chi connectivity index (χ4v) is 2.40. The summed E-state index contributed by atoms with van der Waals surface area (Å²) in [6, 6.07) is 7.03. The first-order valence-electron chi connectivity index (χ1n) is 7.11. The quantitative estimate of drug-likeness (QED) is 0.719. The van der Waals surface area contributed by atoms with Crippen LogP contribution >= 0.6 is 0 Å². The Morgan fingerprint density at radius 3 is 2.24 bits per heavy atom. The zero-order chi connectivity index (χ0) is 18.2. The molecule has 3 rings (SSSR count). The number of benzene rings is 1. The van der Waals surface area contributed by atoms with Crippen LogP contribution in [0.2, 0.25) is 0 Å². The Labute approximate surface area is 140 Å². The van der Waals surface area contributed by atoms with Gasteiger partial charge in [0.15, 0.2) is 22.8 Å². The van der Waals surface area contributed by atoms with Gasteiger partial charge in [-0.15, -0.1) is 5.10 Å². The molecule has 0 bridgehead atoms. The zero-order valence-electron chi connectivity index (χ0n) is 13.6. The molecule has 9 heteroatoms. The number of alkyl halides is 3. The lowest BCUT2D eigenvalue weighted by Gasteiger charge is -2.12. The Hall–Kier alpha value is -2.97. The van der Waals surface area contributed by atoms with E-state index in [4.69, 9.17) is 14.2 Å². The maximum absolute atomic E-state index is 13.4. The third-order valence-corrected chi connectivity index (χ3v) is 3.58. The topological polar surface area (TPSA) is 57.9 Å². The first-order chi connectivity index (χ1) is 11.9. The van der Waals surface area contributed by atoms with Gasteiger partial charge in [0, 0.05) is 11.6 Å². The highest BCUT2D eigenvalue weighted by atomic mass is 19.4. The second-order valence-corrected chi connectivity index (χ2v) is 5.05. The summed E-state index contributed by atoms with van der Waals surface area (Å²) in [6.45, 7) is 0. The van der Waals surface area contributed by atoms with Gasteiger partial charge in [0.25, 0.3) is 0 Å². The Kier molecular flexibility index (Phi) is 4.15. The second kappa shape index (κ2) is 6.15. The first-order valence-corrected chi connectivity index (χ1v) is 7.11. The Morgan fingerprint density at radius 1 is 0.920 bits per heavy atom. The standard InChI is InChI=1S/C16H14F3N3O3/c1-23-11-5-4-9(6-12(11)24-2)10-7-13(16(17,18)19)22-14(20-10)8-15(21-22)25-3/h4-8H,1-3H3. The van der Waals surface area contributed by atoms with Crippen molar-refractivity contribution in [2.45, 2.75) is 6.18 Å². The number of halogens is 3. The van der Waals surface area contributed by atoms with E-state index < -0.39 is 11.9 Å². The van der Waals surface area contributed by atoms with Gasteiger partial charge in [0.05, 0.1) is 27.0 Å². The summed E-state index contributed by atoms with van der Waals surface area (Å²) in [5.41, 5.74) is -0.351. The molecule has 0 fully saturated rings. The first kappa shape index (κ1) is 16.9. The molecule has 132 valence electrons. The molecule has 0 saturated heterocycles. The number of aromatic nitrogens is 3. The predicted octanol–water partition coefficient (Wildman–Crippen LogP) is 3.44. The van der Waals surface area contributed by atoms with Crippen LogP contribution in [0, 0.1) is 0 Å². The van der Waals surface area contributed by atoms with E-state index in [2.05, 4.69) is 10.1 Å². The molecule has 3 aromatic rings. The number of nitrogens with zero attached hydrogens (tertiary/aromatic N) is 3. The molecule has 6 nitrogen and oxygen atoms in total. The monoisotopic (exact) mass is 353 g/mol. The van der Waals surface area contributed by atoms with E-state index in [-0.39, 0.29) is 17.2 Å². The smallest absolute Gasteiger partial charge is 0.433 e. The third-order valence-electron chi connectivity index (χ3n) is 3.58. The predicted molar refractivity (Wildman–Crippen MR) is 83.1 cm³/mol. The van der Waals surface area contributed by atoms with Crippen molar-refractivity contribution in [3.05, 3.63) is 36.0 Å². The highest BCUT2D eigenvalue weighted by Gasteiger charge is 2.35. The summed E-state index contributed by atoms with van der Waals surface area (Å²) >= 11 is 0. The lowest BCUT2D eigenvalue weighted by atomic mass is 10.1. The maximum atomic E-state index is 13.4. The molecular weight excluding hydrogens is 339 g/mol. The minimum atomic E-state index is -4.61. The minimum Gasteiger partial charge on any atom is -0.493 e. The Balaban J connectivity index is 2.23. The summed E-state index contributed by atoms with van der Waals surface area (Å²) in [6.07, 6.45) is -4.61. The maximum Gasteiger partial charge on any atom is 0.433 e. The Bertz CT molecular complexity index is 922. The summed E-state index contributed by atoms with van der Waals surface area (Å²) in [5.74, 6) is 0.901. The van der Waals surface area contributed by atoms with E-state index in [0.29, 0.717) is 21.6 Å². The third kappa shape index (κ3) is 3.04. The van der Waals surface area contributed by atoms with E-state index in [1.54, 1.807) is 18.2 Å². The van der Waals surface area contributed by atoms with Crippen LogP contribution in [0.5, 0.6) is 17.4 Å². The molecule has 0 aliphatic rings. The lowest BCUT2D eigenvalue weighted by Crippen LogP contribution is -2.13. The molecule has 0 spiro atoms. The van der Waals surface area contributed by atoms with Crippen molar-refractivity contribution < 1.29 is 27.4 Å². The van der Waals surface area contributed by atoms with E-state index in [1.807, 2.05) is 0 Å². The Morgan fingerprint density at radius 2 is 1.64 bits per heavy atom. The number of rotatable bonds is 4. The number of fused-ring (bicyclic) bond motifs is 1. The van der Waals surface area contributed by atoms with E-state index in [1.165, 1.54) is 27.4 Å². The van der Waals surface area contributed by atoms with Gasteiger partial charge >= 0.3 is 6.18 Å². The van der Waals surface area contributed by atoms with Crippen LogP contribution in [0.3, 0.4) is 0 Å². The van der Waals surface area contributed by atoms with Crippen molar-refractivity contribution in [2.24, 2.45) is 0 Å². The van der Waals surface area contributed by atoms with Gasteiger partial charge in [-0.05, 0) is 24.3 Å². The molecule has 0 N–H and O–H groups in total. The number of hydrogen-bond donors (Lipinski definition) is 0. The van der Waals surface area contributed by atoms with E-state index in [9.17, 15) is 13.2 Å². The van der Waals surface area contributed by atoms with Crippen molar-refractivity contribution in [1.82, 2.24) is 14.6 Å². The molecule has 0 aliphatic heterocycles. The van der Waals surface area contributed by atoms with Gasteiger partial charge in [0.1, 0.15) is 0 Å². The lowest BCUT2D eigenvalue weighted by molar-refractivity contribution is -0.142. The zero-order valence-corrected chi connectivity index (χ0v) is 13.6. The second-order valence-electron chi connectivity index (χ2n) is 5.05. The number of ether oxygens (including phenoxy) is 3. The molecule has 25 heavy (non-hydrogen) atoms. The molecule has 0 radical (unpaired) electrons. The van der Waals surface area contributed by atoms with Crippen molar-refractivity contribution in [3.8, 4) is 28.6 Å².